The van der Waals surface area contributed by atoms with Crippen molar-refractivity contribution in [2.24, 2.45) is 0 Å². The Morgan fingerprint density at radius 1 is 0.714 bits per heavy atom. The average molecular weight is 542 g/mol. The van der Waals surface area contributed by atoms with E-state index < -0.39 is 0 Å². The Hall–Kier alpha value is 0.160. The molecule has 0 amide bonds. The molecule has 5 heteroatoms. The molecule has 2 rings (SSSR count). The number of halogens is 4. The van der Waals surface area contributed by atoms with Crippen LogP contribution >= 0.6 is 63.7 Å². The van der Waals surface area contributed by atoms with Crippen LogP contribution in [0.25, 0.3) is 0 Å². The van der Waals surface area contributed by atoms with Gasteiger partial charge in [0.25, 0.3) is 0 Å². The van der Waals surface area contributed by atoms with Gasteiger partial charge in [-0.2, -0.15) is 0 Å². The van der Waals surface area contributed by atoms with Crippen molar-refractivity contribution in [3.05, 3.63) is 56.5 Å². The van der Waals surface area contributed by atoms with E-state index in [0.29, 0.717) is 0 Å². The van der Waals surface area contributed by atoms with Crippen LogP contribution in [0.15, 0.2) is 45.3 Å². The van der Waals surface area contributed by atoms with E-state index in [-0.39, 0.29) is 0 Å². The molecule has 0 radical (unpaired) electrons. The number of hydrogen-bond donors (Lipinski definition) is 0. The summed E-state index contributed by atoms with van der Waals surface area (Å²) in [5, 5.41) is 1.82. The number of rotatable bonds is 6. The summed E-state index contributed by atoms with van der Waals surface area (Å²) in [4.78, 5) is 0. The Kier molecular flexibility index (Phi) is 7.26. The Balaban J connectivity index is 2.33. The highest BCUT2D eigenvalue weighted by Gasteiger charge is 2.09. The van der Waals surface area contributed by atoms with Crippen LogP contribution in [-0.4, -0.2) is 10.7 Å². The first-order valence-electron chi connectivity index (χ1n) is 6.50. The molecule has 0 aliphatic carbocycles. The largest absolute Gasteiger partial charge is 0.457 e. The minimum absolute atomic E-state index is 0.911. The third-order valence-corrected chi connectivity index (χ3v) is 4.77. The molecule has 2 aromatic carbocycles. The third kappa shape index (κ3) is 5.08. The van der Waals surface area contributed by atoms with Crippen molar-refractivity contribution in [3.63, 3.8) is 0 Å². The van der Waals surface area contributed by atoms with E-state index >= 15 is 0 Å². The lowest BCUT2D eigenvalue weighted by Gasteiger charge is -2.14. The number of benzene rings is 2. The minimum atomic E-state index is 0.911. The van der Waals surface area contributed by atoms with Gasteiger partial charge in [-0.25, -0.2) is 0 Å². The van der Waals surface area contributed by atoms with Crippen LogP contribution in [0.2, 0.25) is 0 Å². The molecule has 0 bridgehead atoms. The third-order valence-electron chi connectivity index (χ3n) is 2.99. The molecule has 0 N–H and O–H groups in total. The van der Waals surface area contributed by atoms with Gasteiger partial charge in [0.05, 0.1) is 0 Å². The molecule has 0 unspecified atom stereocenters. The van der Waals surface area contributed by atoms with Gasteiger partial charge in [-0.3, -0.25) is 0 Å². The van der Waals surface area contributed by atoms with Gasteiger partial charge in [0, 0.05) is 19.6 Å². The Labute approximate surface area is 159 Å². The van der Waals surface area contributed by atoms with E-state index in [9.17, 15) is 0 Å². The quantitative estimate of drug-likeness (QED) is 0.362. The molecular weight excluding hydrogens is 528 g/mol. The van der Waals surface area contributed by atoms with Gasteiger partial charge in [0.2, 0.25) is 0 Å². The van der Waals surface area contributed by atoms with Crippen molar-refractivity contribution < 1.29 is 4.74 Å². The number of hydrogen-bond acceptors (Lipinski definition) is 1. The van der Waals surface area contributed by atoms with Crippen LogP contribution < -0.4 is 4.74 Å². The first-order chi connectivity index (χ1) is 10.1. The highest BCUT2D eigenvalue weighted by Crippen LogP contribution is 2.32. The molecule has 0 fully saturated rings. The fourth-order valence-corrected chi connectivity index (χ4v) is 3.68. The van der Waals surface area contributed by atoms with Gasteiger partial charge < -0.3 is 4.74 Å². The normalized spacial score (nSPS) is 10.7. The molecule has 0 atom stereocenters. The summed E-state index contributed by atoms with van der Waals surface area (Å²) in [5.41, 5.74) is 2.38. The van der Waals surface area contributed by atoms with Crippen LogP contribution in [-0.2, 0) is 12.8 Å². The number of alkyl halides is 2. The molecule has 0 saturated heterocycles. The van der Waals surface area contributed by atoms with Gasteiger partial charge in [-0.15, -0.1) is 0 Å². The van der Waals surface area contributed by atoms with E-state index in [2.05, 4.69) is 75.9 Å². The van der Waals surface area contributed by atoms with E-state index in [1.807, 2.05) is 24.3 Å². The maximum atomic E-state index is 6.17. The zero-order valence-corrected chi connectivity index (χ0v) is 17.6. The molecular formula is C16H14Br4O. The number of aryl methyl sites for hydroxylation is 2. The SMILES string of the molecule is BrCCc1cc(Br)ccc1Oc1ccc(Br)cc1CCBr. The molecule has 0 heterocycles. The second-order valence-electron chi connectivity index (χ2n) is 4.48. The van der Waals surface area contributed by atoms with E-state index in [4.69, 9.17) is 4.74 Å². The lowest BCUT2D eigenvalue weighted by atomic mass is 10.1. The molecule has 1 nitrogen and oxygen atoms in total. The highest BCUT2D eigenvalue weighted by molar-refractivity contribution is 9.11. The summed E-state index contributed by atoms with van der Waals surface area (Å²) >= 11 is 14.0. The summed E-state index contributed by atoms with van der Waals surface area (Å²) in [7, 11) is 0. The van der Waals surface area contributed by atoms with Crippen LogP contribution in [0.5, 0.6) is 11.5 Å². The summed E-state index contributed by atoms with van der Waals surface area (Å²) in [5.74, 6) is 1.83. The zero-order chi connectivity index (χ0) is 15.2. The summed E-state index contributed by atoms with van der Waals surface area (Å²) < 4.78 is 8.32. The predicted molar refractivity (Wildman–Crippen MR) is 103 cm³/mol. The second kappa shape index (κ2) is 8.70. The van der Waals surface area contributed by atoms with Gasteiger partial charge in [0.1, 0.15) is 11.5 Å². The predicted octanol–water partition coefficient (Wildman–Crippen LogP) is 6.88. The van der Waals surface area contributed by atoms with E-state index in [1.165, 1.54) is 11.1 Å². The summed E-state index contributed by atoms with van der Waals surface area (Å²) in [6, 6.07) is 12.3. The van der Waals surface area contributed by atoms with Crippen LogP contribution in [0, 0.1) is 0 Å². The van der Waals surface area contributed by atoms with Gasteiger partial charge in [0.15, 0.2) is 0 Å². The summed E-state index contributed by atoms with van der Waals surface area (Å²) in [6.07, 6.45) is 1.86. The zero-order valence-electron chi connectivity index (χ0n) is 11.2. The van der Waals surface area contributed by atoms with E-state index in [1.54, 1.807) is 0 Å². The van der Waals surface area contributed by atoms with Gasteiger partial charge >= 0.3 is 0 Å². The maximum absolute atomic E-state index is 6.17. The highest BCUT2D eigenvalue weighted by atomic mass is 79.9. The van der Waals surface area contributed by atoms with Crippen molar-refractivity contribution in [3.8, 4) is 11.5 Å². The van der Waals surface area contributed by atoms with Crippen molar-refractivity contribution in [1.82, 2.24) is 0 Å². The fraction of sp³-hybridized carbons (Fsp3) is 0.250. The van der Waals surface area contributed by atoms with Crippen LogP contribution in [0.1, 0.15) is 11.1 Å². The van der Waals surface area contributed by atoms with Crippen molar-refractivity contribution in [2.45, 2.75) is 12.8 Å². The minimum Gasteiger partial charge on any atom is -0.457 e. The Morgan fingerprint density at radius 3 is 1.52 bits per heavy atom. The molecule has 0 aliphatic rings. The first-order valence-corrected chi connectivity index (χ1v) is 10.3. The van der Waals surface area contributed by atoms with Gasteiger partial charge in [-0.1, -0.05) is 63.7 Å². The van der Waals surface area contributed by atoms with Crippen LogP contribution in [0.4, 0.5) is 0 Å². The standard InChI is InChI=1S/C16H14Br4O/c17-7-5-11-9-13(19)1-3-15(11)21-16-4-2-14(20)10-12(16)6-8-18/h1-4,9-10H,5-8H2. The van der Waals surface area contributed by atoms with Crippen molar-refractivity contribution >= 4 is 63.7 Å². The Bertz CT molecular complexity index is 560. The molecule has 0 aromatic heterocycles. The smallest absolute Gasteiger partial charge is 0.130 e. The molecule has 0 spiro atoms. The molecule has 2 aromatic rings. The second-order valence-corrected chi connectivity index (χ2v) is 7.90. The lowest BCUT2D eigenvalue weighted by molar-refractivity contribution is 0.471. The van der Waals surface area contributed by atoms with Crippen LogP contribution in [0.3, 0.4) is 0 Å². The Morgan fingerprint density at radius 2 is 1.14 bits per heavy atom. The fourth-order valence-electron chi connectivity index (χ4n) is 2.01. The first kappa shape index (κ1) is 17.5. The molecule has 0 saturated carbocycles. The number of ether oxygens (including phenoxy) is 1. The monoisotopic (exact) mass is 538 g/mol. The van der Waals surface area contributed by atoms with E-state index in [0.717, 1.165) is 43.9 Å². The lowest BCUT2D eigenvalue weighted by Crippen LogP contribution is -1.97. The van der Waals surface area contributed by atoms with Crippen molar-refractivity contribution in [1.29, 1.82) is 0 Å². The van der Waals surface area contributed by atoms with Gasteiger partial charge in [-0.05, 0) is 60.4 Å². The maximum Gasteiger partial charge on any atom is 0.130 e. The van der Waals surface area contributed by atoms with Crippen molar-refractivity contribution in [2.75, 3.05) is 10.7 Å². The molecule has 0 aliphatic heterocycles. The summed E-state index contributed by atoms with van der Waals surface area (Å²) in [6.45, 7) is 0. The molecule has 112 valence electrons. The molecule has 21 heavy (non-hydrogen) atoms. The average Bonchev–Trinajstić information content (AvgIpc) is 2.45. The topological polar surface area (TPSA) is 9.23 Å².